The summed E-state index contributed by atoms with van der Waals surface area (Å²) in [6.45, 7) is 0. The maximum absolute atomic E-state index is 13.1. The van der Waals surface area contributed by atoms with E-state index in [4.69, 9.17) is 16.3 Å². The van der Waals surface area contributed by atoms with Gasteiger partial charge in [0.25, 0.3) is 11.8 Å². The van der Waals surface area contributed by atoms with Gasteiger partial charge in [-0.1, -0.05) is 11.6 Å². The van der Waals surface area contributed by atoms with Gasteiger partial charge in [-0.3, -0.25) is 14.0 Å². The topological polar surface area (TPSA) is 89.7 Å². The molecule has 1 aliphatic rings. The number of anilines is 1. The molecule has 0 bridgehead atoms. The summed E-state index contributed by atoms with van der Waals surface area (Å²) in [5.74, 6) is -4.58. The van der Waals surface area contributed by atoms with Crippen LogP contribution in [0.5, 0.6) is 0 Å². The van der Waals surface area contributed by atoms with E-state index < -0.39 is 34.6 Å². The summed E-state index contributed by atoms with van der Waals surface area (Å²) >= 11 is 6.20. The summed E-state index contributed by atoms with van der Waals surface area (Å²) in [4.78, 5) is 22.2. The first-order chi connectivity index (χ1) is 14.2. The number of hydrogen-bond acceptors (Lipinski definition) is 6. The SMILES string of the molecule is COC=NC(CS(=O)CC1CC1(F)F)C(=O)N(C)c1cn(-c2cccnc2)nc1Cl. The van der Waals surface area contributed by atoms with E-state index in [1.54, 1.807) is 30.7 Å². The molecule has 2 heterocycles. The number of amides is 1. The molecule has 1 saturated carbocycles. The number of rotatable bonds is 9. The summed E-state index contributed by atoms with van der Waals surface area (Å²) in [5.41, 5.74) is 0.953. The van der Waals surface area contributed by atoms with Crippen molar-refractivity contribution in [1.82, 2.24) is 14.8 Å². The van der Waals surface area contributed by atoms with Gasteiger partial charge in [-0.15, -0.1) is 0 Å². The third kappa shape index (κ3) is 5.20. The van der Waals surface area contributed by atoms with Gasteiger partial charge in [0, 0.05) is 42.1 Å². The van der Waals surface area contributed by atoms with Crippen LogP contribution in [0.3, 0.4) is 0 Å². The number of halogens is 3. The van der Waals surface area contributed by atoms with Crippen molar-refractivity contribution in [3.05, 3.63) is 35.9 Å². The number of aliphatic imine (C=N–C) groups is 1. The highest BCUT2D eigenvalue weighted by atomic mass is 35.5. The zero-order chi connectivity index (χ0) is 21.9. The Morgan fingerprint density at radius 2 is 2.33 bits per heavy atom. The Morgan fingerprint density at radius 1 is 1.60 bits per heavy atom. The number of pyridine rings is 1. The number of hydrogen-bond donors (Lipinski definition) is 0. The van der Waals surface area contributed by atoms with Crippen LogP contribution in [0.1, 0.15) is 6.42 Å². The number of nitrogens with zero attached hydrogens (tertiary/aromatic N) is 5. The molecule has 12 heteroatoms. The molecule has 1 fully saturated rings. The summed E-state index contributed by atoms with van der Waals surface area (Å²) < 4.78 is 44.8. The Bertz CT molecular complexity index is 957. The number of carbonyl (C=O) groups excluding carboxylic acids is 1. The van der Waals surface area contributed by atoms with Crippen LogP contribution in [-0.2, 0) is 20.3 Å². The summed E-state index contributed by atoms with van der Waals surface area (Å²) in [6.07, 6.45) is 5.52. The minimum atomic E-state index is -2.77. The normalized spacial score (nSPS) is 19.4. The molecule has 3 unspecified atom stereocenters. The van der Waals surface area contributed by atoms with Gasteiger partial charge >= 0.3 is 0 Å². The van der Waals surface area contributed by atoms with Gasteiger partial charge in [0.15, 0.2) is 11.6 Å². The Kier molecular flexibility index (Phi) is 6.81. The standard InChI is InChI=1S/C18H20ClF2N5O3S/c1-25(15-8-26(24-16(15)19)13-4-3-5-22-7-13)17(27)14(23-11-29-2)10-30(28)9-12-6-18(12,20)21/h3-5,7-8,11-12,14H,6,9-10H2,1-2H3. The zero-order valence-electron chi connectivity index (χ0n) is 16.2. The number of methoxy groups -OCH3 is 1. The van der Waals surface area contributed by atoms with Crippen molar-refractivity contribution in [3.63, 3.8) is 0 Å². The van der Waals surface area contributed by atoms with Crippen LogP contribution < -0.4 is 4.90 Å². The monoisotopic (exact) mass is 459 g/mol. The molecular formula is C18H20ClF2N5O3S. The lowest BCUT2D eigenvalue weighted by Crippen LogP contribution is -2.39. The average molecular weight is 460 g/mol. The lowest BCUT2D eigenvalue weighted by molar-refractivity contribution is -0.119. The van der Waals surface area contributed by atoms with Crippen LogP contribution in [-0.4, -0.2) is 68.9 Å². The number of carbonyl (C=O) groups is 1. The molecular weight excluding hydrogens is 440 g/mol. The Hall–Kier alpha value is -2.40. The molecule has 2 aromatic heterocycles. The zero-order valence-corrected chi connectivity index (χ0v) is 17.8. The van der Waals surface area contributed by atoms with Gasteiger partial charge in [0.1, 0.15) is 11.7 Å². The van der Waals surface area contributed by atoms with Crippen LogP contribution in [0, 0.1) is 5.92 Å². The van der Waals surface area contributed by atoms with E-state index in [2.05, 4.69) is 15.1 Å². The molecule has 0 aliphatic heterocycles. The lowest BCUT2D eigenvalue weighted by Gasteiger charge is -2.20. The molecule has 3 atom stereocenters. The molecule has 0 radical (unpaired) electrons. The third-order valence-electron chi connectivity index (χ3n) is 4.57. The van der Waals surface area contributed by atoms with E-state index in [0.717, 1.165) is 6.40 Å². The molecule has 1 amide bonds. The maximum Gasteiger partial charge on any atom is 0.252 e. The van der Waals surface area contributed by atoms with E-state index in [9.17, 15) is 17.8 Å². The molecule has 162 valence electrons. The molecule has 3 rings (SSSR count). The molecule has 0 N–H and O–H groups in total. The highest BCUT2D eigenvalue weighted by molar-refractivity contribution is 7.85. The molecule has 1 aliphatic carbocycles. The van der Waals surface area contributed by atoms with Crippen LogP contribution in [0.2, 0.25) is 5.15 Å². The first-order valence-corrected chi connectivity index (χ1v) is 10.8. The third-order valence-corrected chi connectivity index (χ3v) is 6.30. The molecule has 0 aromatic carbocycles. The van der Waals surface area contributed by atoms with Crippen molar-refractivity contribution in [1.29, 1.82) is 0 Å². The number of alkyl halides is 2. The molecule has 2 aromatic rings. The van der Waals surface area contributed by atoms with Crippen LogP contribution in [0.15, 0.2) is 35.7 Å². The van der Waals surface area contributed by atoms with E-state index in [1.165, 1.54) is 23.7 Å². The van der Waals surface area contributed by atoms with E-state index in [0.29, 0.717) is 11.4 Å². The predicted molar refractivity (Wildman–Crippen MR) is 110 cm³/mol. The molecule has 8 nitrogen and oxygen atoms in total. The van der Waals surface area contributed by atoms with Gasteiger partial charge in [0.2, 0.25) is 0 Å². The lowest BCUT2D eigenvalue weighted by atomic mass is 10.3. The average Bonchev–Trinajstić information content (AvgIpc) is 3.13. The summed E-state index contributed by atoms with van der Waals surface area (Å²) in [7, 11) is 1.18. The van der Waals surface area contributed by atoms with E-state index >= 15 is 0 Å². The van der Waals surface area contributed by atoms with Gasteiger partial charge < -0.3 is 9.64 Å². The number of ether oxygens (including phenoxy) is 1. The minimum absolute atomic E-state index is 0.0721. The van der Waals surface area contributed by atoms with Gasteiger partial charge in [-0.25, -0.2) is 18.5 Å². The predicted octanol–water partition coefficient (Wildman–Crippen LogP) is 2.33. The molecule has 0 saturated heterocycles. The Morgan fingerprint density at radius 3 is 2.93 bits per heavy atom. The van der Waals surface area contributed by atoms with E-state index in [1.807, 2.05) is 0 Å². The quantitative estimate of drug-likeness (QED) is 0.424. The second-order valence-electron chi connectivity index (χ2n) is 6.80. The molecule has 30 heavy (non-hydrogen) atoms. The first-order valence-electron chi connectivity index (χ1n) is 8.93. The fraction of sp³-hybridized carbons (Fsp3) is 0.444. The fourth-order valence-corrected chi connectivity index (χ4v) is 4.55. The van der Waals surface area contributed by atoms with Crippen molar-refractivity contribution < 1.29 is 22.5 Å². The number of aromatic nitrogens is 3. The van der Waals surface area contributed by atoms with Gasteiger partial charge in [0.05, 0.1) is 30.9 Å². The van der Waals surface area contributed by atoms with Crippen molar-refractivity contribution in [3.8, 4) is 5.69 Å². The fourth-order valence-electron chi connectivity index (χ4n) is 2.76. The van der Waals surface area contributed by atoms with Crippen LogP contribution in [0.4, 0.5) is 14.5 Å². The van der Waals surface area contributed by atoms with Crippen molar-refractivity contribution in [2.75, 3.05) is 30.6 Å². The largest absolute Gasteiger partial charge is 0.487 e. The van der Waals surface area contributed by atoms with Crippen molar-refractivity contribution in [2.24, 2.45) is 10.9 Å². The summed E-state index contributed by atoms with van der Waals surface area (Å²) in [6, 6.07) is 2.42. The highest BCUT2D eigenvalue weighted by Crippen LogP contribution is 2.48. The van der Waals surface area contributed by atoms with Crippen LogP contribution in [0.25, 0.3) is 5.69 Å². The van der Waals surface area contributed by atoms with E-state index in [-0.39, 0.29) is 23.1 Å². The second kappa shape index (κ2) is 9.17. The van der Waals surface area contributed by atoms with Crippen LogP contribution >= 0.6 is 11.6 Å². The van der Waals surface area contributed by atoms with Gasteiger partial charge in [-0.05, 0) is 12.1 Å². The smallest absolute Gasteiger partial charge is 0.252 e. The van der Waals surface area contributed by atoms with Crippen molar-refractivity contribution >= 4 is 40.4 Å². The minimum Gasteiger partial charge on any atom is -0.487 e. The van der Waals surface area contributed by atoms with Crippen molar-refractivity contribution in [2.45, 2.75) is 18.4 Å². The summed E-state index contributed by atoms with van der Waals surface area (Å²) in [5, 5.41) is 4.24. The molecule has 0 spiro atoms. The maximum atomic E-state index is 13.1. The highest BCUT2D eigenvalue weighted by Gasteiger charge is 2.57. The Balaban J connectivity index is 1.74. The first kappa shape index (κ1) is 22.3. The second-order valence-corrected chi connectivity index (χ2v) is 8.70. The number of likely N-dealkylation sites (N-methyl/N-ethyl adjacent to an activating group) is 1. The van der Waals surface area contributed by atoms with Gasteiger partial charge in [-0.2, -0.15) is 5.10 Å². The Labute approximate surface area is 179 Å².